The molecule has 3 heteroatoms. The van der Waals surface area contributed by atoms with Crippen molar-refractivity contribution in [2.45, 2.75) is 6.92 Å². The smallest absolute Gasteiger partial charge is 0.321 e. The van der Waals surface area contributed by atoms with Crippen LogP contribution in [-0.2, 0) is 0 Å². The van der Waals surface area contributed by atoms with Gasteiger partial charge < -0.3 is 5.32 Å². The fourth-order valence-electron chi connectivity index (χ4n) is 0.836. The molecule has 1 saturated heterocycles. The van der Waals surface area contributed by atoms with Crippen LogP contribution in [0.3, 0.4) is 0 Å². The van der Waals surface area contributed by atoms with Crippen molar-refractivity contribution < 1.29 is 4.79 Å². The van der Waals surface area contributed by atoms with E-state index in [0.29, 0.717) is 0 Å². The molecule has 9 heavy (non-hydrogen) atoms. The number of hydrogen-bond acceptors (Lipinski definition) is 1. The quantitative estimate of drug-likeness (QED) is 0.546. The van der Waals surface area contributed by atoms with Gasteiger partial charge in [0.15, 0.2) is 0 Å². The summed E-state index contributed by atoms with van der Waals surface area (Å²) in [6, 6.07) is -0.0255. The zero-order chi connectivity index (χ0) is 6.85. The van der Waals surface area contributed by atoms with Crippen LogP contribution in [0.5, 0.6) is 0 Å². The zero-order valence-electron chi connectivity index (χ0n) is 5.48. The molecule has 0 spiro atoms. The monoisotopic (exact) mass is 126 g/mol. The highest BCUT2D eigenvalue weighted by molar-refractivity contribution is 5.77. The molecule has 0 aromatic heterocycles. The van der Waals surface area contributed by atoms with Crippen LogP contribution >= 0.6 is 0 Å². The molecule has 1 heterocycles. The van der Waals surface area contributed by atoms with Crippen LogP contribution in [0.1, 0.15) is 6.92 Å². The van der Waals surface area contributed by atoms with Crippen molar-refractivity contribution in [3.63, 3.8) is 0 Å². The first-order chi connectivity index (χ1) is 4.22. The lowest BCUT2D eigenvalue weighted by Crippen LogP contribution is -2.25. The van der Waals surface area contributed by atoms with Crippen molar-refractivity contribution in [1.29, 1.82) is 0 Å². The van der Waals surface area contributed by atoms with E-state index < -0.39 is 0 Å². The molecule has 1 aliphatic heterocycles. The van der Waals surface area contributed by atoms with Crippen molar-refractivity contribution in [2.75, 3.05) is 13.1 Å². The van der Waals surface area contributed by atoms with Gasteiger partial charge >= 0.3 is 6.03 Å². The van der Waals surface area contributed by atoms with E-state index >= 15 is 0 Å². The number of allylic oxidation sites excluding steroid dienone is 1. The second kappa shape index (κ2) is 2.09. The second-order valence-corrected chi connectivity index (χ2v) is 2.12. The third kappa shape index (κ3) is 1.04. The van der Waals surface area contributed by atoms with Gasteiger partial charge in [-0.25, -0.2) is 4.79 Å². The van der Waals surface area contributed by atoms with E-state index in [4.69, 9.17) is 0 Å². The molecule has 0 aromatic rings. The molecule has 0 atom stereocenters. The highest BCUT2D eigenvalue weighted by Crippen LogP contribution is 2.03. The van der Waals surface area contributed by atoms with Crippen LogP contribution in [0, 0.1) is 0 Å². The standard InChI is InChI=1S/C6H10N2O/c1-5(2)8-4-3-7-6(8)9/h1,3-4H2,2H3,(H,7,9). The third-order valence-electron chi connectivity index (χ3n) is 1.32. The molecule has 0 bridgehead atoms. The van der Waals surface area contributed by atoms with Crippen molar-refractivity contribution in [3.05, 3.63) is 12.3 Å². The normalized spacial score (nSPS) is 17.9. The number of nitrogens with zero attached hydrogens (tertiary/aromatic N) is 1. The predicted molar refractivity (Wildman–Crippen MR) is 34.9 cm³/mol. The van der Waals surface area contributed by atoms with Gasteiger partial charge in [-0.1, -0.05) is 6.58 Å². The number of nitrogens with one attached hydrogen (secondary N) is 1. The number of hydrogen-bond donors (Lipinski definition) is 1. The largest absolute Gasteiger partial charge is 0.336 e. The Morgan fingerprint density at radius 3 is 2.78 bits per heavy atom. The maximum Gasteiger partial charge on any atom is 0.321 e. The Labute approximate surface area is 54.3 Å². The van der Waals surface area contributed by atoms with Gasteiger partial charge in [-0.2, -0.15) is 0 Å². The van der Waals surface area contributed by atoms with Crippen LogP contribution in [0.25, 0.3) is 0 Å². The Bertz CT molecular complexity index is 153. The van der Waals surface area contributed by atoms with Crippen LogP contribution in [0.2, 0.25) is 0 Å². The van der Waals surface area contributed by atoms with Gasteiger partial charge in [-0.05, 0) is 6.92 Å². The Morgan fingerprint density at radius 2 is 2.56 bits per heavy atom. The molecule has 2 amide bonds. The molecule has 50 valence electrons. The van der Waals surface area contributed by atoms with Crippen molar-refractivity contribution in [3.8, 4) is 0 Å². The number of urea groups is 1. The minimum Gasteiger partial charge on any atom is -0.336 e. The maximum absolute atomic E-state index is 10.8. The molecule has 1 rings (SSSR count). The topological polar surface area (TPSA) is 32.3 Å². The fraction of sp³-hybridized carbons (Fsp3) is 0.500. The van der Waals surface area contributed by atoms with Crippen LogP contribution < -0.4 is 5.32 Å². The summed E-state index contributed by atoms with van der Waals surface area (Å²) in [5, 5.41) is 2.68. The van der Waals surface area contributed by atoms with Crippen LogP contribution in [0.15, 0.2) is 12.3 Å². The van der Waals surface area contributed by atoms with Crippen LogP contribution in [0.4, 0.5) is 4.79 Å². The molecule has 0 aliphatic carbocycles. The van der Waals surface area contributed by atoms with E-state index in [2.05, 4.69) is 11.9 Å². The summed E-state index contributed by atoms with van der Waals surface area (Å²) in [4.78, 5) is 12.4. The number of rotatable bonds is 1. The molecule has 1 aliphatic rings. The van der Waals surface area contributed by atoms with E-state index in [0.717, 1.165) is 18.8 Å². The molecule has 0 saturated carbocycles. The van der Waals surface area contributed by atoms with Gasteiger partial charge in [0.1, 0.15) is 0 Å². The summed E-state index contributed by atoms with van der Waals surface area (Å²) in [6.07, 6.45) is 0. The average molecular weight is 126 g/mol. The summed E-state index contributed by atoms with van der Waals surface area (Å²) in [6.45, 7) is 6.98. The van der Waals surface area contributed by atoms with Gasteiger partial charge in [-0.15, -0.1) is 0 Å². The van der Waals surface area contributed by atoms with Gasteiger partial charge in [-0.3, -0.25) is 4.90 Å². The molecule has 3 nitrogen and oxygen atoms in total. The summed E-state index contributed by atoms with van der Waals surface area (Å²) in [5.74, 6) is 0. The Hall–Kier alpha value is -0.990. The van der Waals surface area contributed by atoms with Crippen molar-refractivity contribution in [1.82, 2.24) is 10.2 Å². The lowest BCUT2D eigenvalue weighted by atomic mass is 10.5. The van der Waals surface area contributed by atoms with Gasteiger partial charge in [0, 0.05) is 18.8 Å². The molecule has 1 fully saturated rings. The SMILES string of the molecule is C=C(C)N1CCNC1=O. The van der Waals surface area contributed by atoms with Crippen molar-refractivity contribution in [2.24, 2.45) is 0 Å². The summed E-state index contributed by atoms with van der Waals surface area (Å²) >= 11 is 0. The van der Waals surface area contributed by atoms with Crippen LogP contribution in [-0.4, -0.2) is 24.0 Å². The number of carbonyl (C=O) groups excluding carboxylic acids is 1. The molecule has 1 N–H and O–H groups in total. The highest BCUT2D eigenvalue weighted by atomic mass is 16.2. The van der Waals surface area contributed by atoms with E-state index in [-0.39, 0.29) is 6.03 Å². The molecule has 0 aromatic carbocycles. The van der Waals surface area contributed by atoms with Gasteiger partial charge in [0.25, 0.3) is 0 Å². The lowest BCUT2D eigenvalue weighted by Gasteiger charge is -2.11. The number of amides is 2. The van der Waals surface area contributed by atoms with Gasteiger partial charge in [0.2, 0.25) is 0 Å². The van der Waals surface area contributed by atoms with Gasteiger partial charge in [0.05, 0.1) is 0 Å². The maximum atomic E-state index is 10.8. The highest BCUT2D eigenvalue weighted by Gasteiger charge is 2.18. The summed E-state index contributed by atoms with van der Waals surface area (Å²) in [5.41, 5.74) is 0.810. The molecular formula is C6H10N2O. The number of carbonyl (C=O) groups is 1. The second-order valence-electron chi connectivity index (χ2n) is 2.12. The summed E-state index contributed by atoms with van der Waals surface area (Å²) < 4.78 is 0. The molecular weight excluding hydrogens is 116 g/mol. The first kappa shape index (κ1) is 6.13. The van der Waals surface area contributed by atoms with Crippen molar-refractivity contribution >= 4 is 6.03 Å². The van der Waals surface area contributed by atoms with E-state index in [1.165, 1.54) is 0 Å². The predicted octanol–water partition coefficient (Wildman–Crippen LogP) is 0.545. The first-order valence-corrected chi connectivity index (χ1v) is 2.92. The fourth-order valence-corrected chi connectivity index (χ4v) is 0.836. The zero-order valence-corrected chi connectivity index (χ0v) is 5.48. The first-order valence-electron chi connectivity index (χ1n) is 2.92. The summed E-state index contributed by atoms with van der Waals surface area (Å²) in [7, 11) is 0. The Balaban J connectivity index is 2.60. The molecule has 0 unspecified atom stereocenters. The Morgan fingerprint density at radius 1 is 1.89 bits per heavy atom. The van der Waals surface area contributed by atoms with E-state index in [9.17, 15) is 4.79 Å². The van der Waals surface area contributed by atoms with E-state index in [1.807, 2.05) is 6.92 Å². The third-order valence-corrected chi connectivity index (χ3v) is 1.32. The van der Waals surface area contributed by atoms with E-state index in [1.54, 1.807) is 4.90 Å². The molecule has 0 radical (unpaired) electrons. The lowest BCUT2D eigenvalue weighted by molar-refractivity contribution is 0.227. The Kier molecular flexibility index (Phi) is 1.42. The average Bonchev–Trinajstić information content (AvgIpc) is 2.13. The minimum atomic E-state index is -0.0255. The minimum absolute atomic E-state index is 0.0255.